The Morgan fingerprint density at radius 2 is 2.11 bits per heavy atom. The third-order valence-corrected chi connectivity index (χ3v) is 3.11. The summed E-state index contributed by atoms with van der Waals surface area (Å²) in [5.41, 5.74) is 0. The summed E-state index contributed by atoms with van der Waals surface area (Å²) in [4.78, 5) is 19.8. The molecule has 5 nitrogen and oxygen atoms in total. The second-order valence-corrected chi connectivity index (χ2v) is 5.13. The number of esters is 1. The van der Waals surface area contributed by atoms with Crippen LogP contribution < -0.4 is 5.32 Å². The molecule has 0 amide bonds. The van der Waals surface area contributed by atoms with Crippen LogP contribution in [-0.2, 0) is 9.53 Å². The fourth-order valence-corrected chi connectivity index (χ4v) is 2.25. The summed E-state index contributed by atoms with van der Waals surface area (Å²) in [5, 5.41) is 3.92. The molecular weight excluding hydrogens is 250 g/mol. The van der Waals surface area contributed by atoms with E-state index in [4.69, 9.17) is 4.74 Å². The summed E-state index contributed by atoms with van der Waals surface area (Å²) in [7, 11) is 1.41. The van der Waals surface area contributed by atoms with Crippen molar-refractivity contribution in [2.24, 2.45) is 0 Å². The molecule has 0 saturated carbocycles. The number of aromatic nitrogens is 2. The molecule has 6 heteroatoms. The Bertz CT molecular complexity index is 360. The van der Waals surface area contributed by atoms with Crippen LogP contribution in [0.4, 0.5) is 0 Å². The molecule has 0 aliphatic rings. The average Bonchev–Trinajstić information content (AvgIpc) is 2.37. The lowest BCUT2D eigenvalue weighted by molar-refractivity contribution is -0.143. The second kappa shape index (κ2) is 8.05. The first-order valence-corrected chi connectivity index (χ1v) is 6.85. The smallest absolute Gasteiger partial charge is 0.322 e. The predicted molar refractivity (Wildman–Crippen MR) is 71.4 cm³/mol. The SMILES string of the molecule is COC(=O)C(CCSc1ncccn1)NC(C)C. The molecule has 1 aromatic rings. The zero-order valence-electron chi connectivity index (χ0n) is 10.9. The molecule has 0 spiro atoms. The minimum absolute atomic E-state index is 0.224. The third-order valence-electron chi connectivity index (χ3n) is 2.20. The number of carbonyl (C=O) groups is 1. The van der Waals surface area contributed by atoms with Gasteiger partial charge in [0, 0.05) is 24.2 Å². The van der Waals surface area contributed by atoms with E-state index in [1.165, 1.54) is 18.9 Å². The molecule has 0 aliphatic heterocycles. The molecule has 0 radical (unpaired) electrons. The third kappa shape index (κ3) is 5.46. The van der Waals surface area contributed by atoms with Crippen LogP contribution in [0.15, 0.2) is 23.6 Å². The van der Waals surface area contributed by atoms with E-state index in [-0.39, 0.29) is 18.1 Å². The van der Waals surface area contributed by atoms with Gasteiger partial charge >= 0.3 is 5.97 Å². The summed E-state index contributed by atoms with van der Waals surface area (Å²) < 4.78 is 4.77. The molecule has 0 fully saturated rings. The highest BCUT2D eigenvalue weighted by Crippen LogP contribution is 2.13. The number of hydrogen-bond acceptors (Lipinski definition) is 6. The van der Waals surface area contributed by atoms with Gasteiger partial charge in [-0.1, -0.05) is 25.6 Å². The quantitative estimate of drug-likeness (QED) is 0.460. The standard InChI is InChI=1S/C12H19N3O2S/c1-9(2)15-10(11(16)17-3)5-8-18-12-13-6-4-7-14-12/h4,6-7,9-10,15H,5,8H2,1-3H3. The van der Waals surface area contributed by atoms with Crippen LogP contribution in [-0.4, -0.2) is 40.9 Å². The Kier molecular flexibility index (Phi) is 6.67. The molecule has 0 aliphatic carbocycles. The summed E-state index contributed by atoms with van der Waals surface area (Å²) in [6.07, 6.45) is 4.10. The van der Waals surface area contributed by atoms with Gasteiger partial charge in [0.25, 0.3) is 0 Å². The normalized spacial score (nSPS) is 12.4. The highest BCUT2D eigenvalue weighted by molar-refractivity contribution is 7.99. The van der Waals surface area contributed by atoms with Crippen molar-refractivity contribution in [2.45, 2.75) is 37.5 Å². The van der Waals surface area contributed by atoms with Crippen molar-refractivity contribution in [3.63, 3.8) is 0 Å². The monoisotopic (exact) mass is 269 g/mol. The van der Waals surface area contributed by atoms with E-state index < -0.39 is 0 Å². The van der Waals surface area contributed by atoms with E-state index in [0.29, 0.717) is 6.42 Å². The fourth-order valence-electron chi connectivity index (χ4n) is 1.44. The first-order valence-electron chi connectivity index (χ1n) is 5.87. The van der Waals surface area contributed by atoms with E-state index in [0.717, 1.165) is 10.9 Å². The Morgan fingerprint density at radius 1 is 1.44 bits per heavy atom. The Labute approximate surface area is 112 Å². The molecule has 1 rings (SSSR count). The molecule has 1 atom stereocenters. The van der Waals surface area contributed by atoms with Gasteiger partial charge in [0.2, 0.25) is 0 Å². The number of hydrogen-bond donors (Lipinski definition) is 1. The molecule has 1 aromatic heterocycles. The number of carbonyl (C=O) groups excluding carboxylic acids is 1. The summed E-state index contributed by atoms with van der Waals surface area (Å²) in [6, 6.07) is 1.75. The minimum Gasteiger partial charge on any atom is -0.468 e. The van der Waals surface area contributed by atoms with E-state index in [1.54, 1.807) is 18.5 Å². The number of methoxy groups -OCH3 is 1. The largest absolute Gasteiger partial charge is 0.468 e. The van der Waals surface area contributed by atoms with E-state index in [2.05, 4.69) is 15.3 Å². The zero-order chi connectivity index (χ0) is 13.4. The van der Waals surface area contributed by atoms with Gasteiger partial charge in [-0.3, -0.25) is 4.79 Å². The number of ether oxygens (including phenoxy) is 1. The van der Waals surface area contributed by atoms with Crippen molar-refractivity contribution >= 4 is 17.7 Å². The predicted octanol–water partition coefficient (Wildman–Crippen LogP) is 1.50. The van der Waals surface area contributed by atoms with Gasteiger partial charge in [-0.05, 0) is 12.5 Å². The van der Waals surface area contributed by atoms with Gasteiger partial charge in [-0.2, -0.15) is 0 Å². The maximum absolute atomic E-state index is 11.6. The van der Waals surface area contributed by atoms with Crippen LogP contribution >= 0.6 is 11.8 Å². The van der Waals surface area contributed by atoms with Crippen molar-refractivity contribution < 1.29 is 9.53 Å². The van der Waals surface area contributed by atoms with Crippen molar-refractivity contribution in [2.75, 3.05) is 12.9 Å². The molecule has 100 valence electrons. The summed E-state index contributed by atoms with van der Waals surface area (Å²) in [6.45, 7) is 4.01. The van der Waals surface area contributed by atoms with E-state index in [9.17, 15) is 4.79 Å². The molecule has 0 aromatic carbocycles. The highest BCUT2D eigenvalue weighted by atomic mass is 32.2. The topological polar surface area (TPSA) is 64.1 Å². The van der Waals surface area contributed by atoms with Crippen LogP contribution in [0.25, 0.3) is 0 Å². The Balaban J connectivity index is 2.40. The van der Waals surface area contributed by atoms with Crippen molar-refractivity contribution in [1.29, 1.82) is 0 Å². The summed E-state index contributed by atoms with van der Waals surface area (Å²) >= 11 is 1.53. The lowest BCUT2D eigenvalue weighted by Gasteiger charge is -2.18. The Morgan fingerprint density at radius 3 is 2.67 bits per heavy atom. The fraction of sp³-hybridized carbons (Fsp3) is 0.583. The molecular formula is C12H19N3O2S. The van der Waals surface area contributed by atoms with Gasteiger partial charge in [0.05, 0.1) is 7.11 Å². The van der Waals surface area contributed by atoms with Gasteiger partial charge in [-0.15, -0.1) is 0 Å². The molecule has 1 N–H and O–H groups in total. The van der Waals surface area contributed by atoms with Crippen molar-refractivity contribution in [3.8, 4) is 0 Å². The maximum Gasteiger partial charge on any atom is 0.322 e. The van der Waals surface area contributed by atoms with Gasteiger partial charge in [0.1, 0.15) is 6.04 Å². The number of rotatable bonds is 7. The van der Waals surface area contributed by atoms with E-state index in [1.807, 2.05) is 13.8 Å². The molecule has 0 saturated heterocycles. The second-order valence-electron chi connectivity index (χ2n) is 4.07. The van der Waals surface area contributed by atoms with Gasteiger partial charge in [0.15, 0.2) is 5.16 Å². The van der Waals surface area contributed by atoms with Crippen LogP contribution in [0.3, 0.4) is 0 Å². The average molecular weight is 269 g/mol. The maximum atomic E-state index is 11.6. The van der Waals surface area contributed by atoms with Crippen LogP contribution in [0.2, 0.25) is 0 Å². The summed E-state index contributed by atoms with van der Waals surface area (Å²) in [5.74, 6) is 0.544. The van der Waals surface area contributed by atoms with Crippen LogP contribution in [0, 0.1) is 0 Å². The highest BCUT2D eigenvalue weighted by Gasteiger charge is 2.19. The van der Waals surface area contributed by atoms with Crippen LogP contribution in [0.1, 0.15) is 20.3 Å². The van der Waals surface area contributed by atoms with Gasteiger partial charge < -0.3 is 10.1 Å². The molecule has 18 heavy (non-hydrogen) atoms. The number of nitrogens with zero attached hydrogens (tertiary/aromatic N) is 2. The molecule has 1 unspecified atom stereocenters. The zero-order valence-corrected chi connectivity index (χ0v) is 11.7. The first kappa shape index (κ1) is 14.9. The van der Waals surface area contributed by atoms with Crippen molar-refractivity contribution in [1.82, 2.24) is 15.3 Å². The first-order chi connectivity index (χ1) is 8.63. The lowest BCUT2D eigenvalue weighted by atomic mass is 10.2. The van der Waals surface area contributed by atoms with E-state index >= 15 is 0 Å². The lowest BCUT2D eigenvalue weighted by Crippen LogP contribution is -2.41. The molecule has 0 bridgehead atoms. The molecule has 1 heterocycles. The minimum atomic E-state index is -0.272. The van der Waals surface area contributed by atoms with Crippen LogP contribution in [0.5, 0.6) is 0 Å². The number of nitrogens with one attached hydrogen (secondary N) is 1. The Hall–Kier alpha value is -1.14. The van der Waals surface area contributed by atoms with Crippen molar-refractivity contribution in [3.05, 3.63) is 18.5 Å². The number of thioether (sulfide) groups is 1. The van der Waals surface area contributed by atoms with Gasteiger partial charge in [-0.25, -0.2) is 9.97 Å².